The number of amides is 1. The van der Waals surface area contributed by atoms with Crippen molar-refractivity contribution in [1.29, 1.82) is 0 Å². The first kappa shape index (κ1) is 23.5. The van der Waals surface area contributed by atoms with E-state index in [1.54, 1.807) is 13.1 Å². The topological polar surface area (TPSA) is 104 Å². The number of carbonyl (C=O) groups excluding carboxylic acids is 3. The zero-order chi connectivity index (χ0) is 26.1. The van der Waals surface area contributed by atoms with E-state index in [4.69, 9.17) is 25.8 Å². The summed E-state index contributed by atoms with van der Waals surface area (Å²) in [6.07, 6.45) is 2.05. The molecule has 3 aliphatic rings. The van der Waals surface area contributed by atoms with Crippen molar-refractivity contribution in [3.05, 3.63) is 70.0 Å². The SMILES string of the molecule is COc1cc(OC)c2c(c1Cl)O[C@@]1(C(=O)C3=C(C[C@H]1C)NC(=O)C[C@H]3c1ccc3ncccc3c1)C2=O. The highest BCUT2D eigenvalue weighted by atomic mass is 35.5. The van der Waals surface area contributed by atoms with Crippen molar-refractivity contribution in [2.45, 2.75) is 31.3 Å². The van der Waals surface area contributed by atoms with E-state index in [0.29, 0.717) is 11.3 Å². The zero-order valence-electron chi connectivity index (χ0n) is 20.4. The van der Waals surface area contributed by atoms with Crippen LogP contribution in [-0.2, 0) is 9.59 Å². The zero-order valence-corrected chi connectivity index (χ0v) is 21.1. The minimum absolute atomic E-state index is 0.0693. The summed E-state index contributed by atoms with van der Waals surface area (Å²) in [6.45, 7) is 1.76. The predicted octanol–water partition coefficient (Wildman–Crippen LogP) is 4.39. The van der Waals surface area contributed by atoms with Gasteiger partial charge in [0.05, 0.1) is 19.7 Å². The third kappa shape index (κ3) is 3.21. The summed E-state index contributed by atoms with van der Waals surface area (Å²) >= 11 is 6.54. The molecule has 3 aromatic rings. The van der Waals surface area contributed by atoms with Crippen LogP contribution in [0.25, 0.3) is 10.9 Å². The average Bonchev–Trinajstić information content (AvgIpc) is 3.21. The quantitative estimate of drug-likeness (QED) is 0.513. The molecule has 0 fully saturated rings. The van der Waals surface area contributed by atoms with Crippen LogP contribution < -0.4 is 19.5 Å². The van der Waals surface area contributed by atoms with Crippen LogP contribution >= 0.6 is 11.6 Å². The minimum Gasteiger partial charge on any atom is -0.496 e. The number of pyridine rings is 1. The standard InChI is InChI=1S/C28H23ClN2O6/c1-13-9-18-22(16(11-21(32)31-18)14-6-7-17-15(10-14)5-4-8-30-17)26(33)28(13)27(34)23-19(35-2)12-20(36-3)24(29)25(23)37-28/h4-8,10,12-13,16H,9,11H2,1-3H3,(H,31,32)/t13-,16+,28+/m1/s1. The second kappa shape index (κ2) is 8.31. The summed E-state index contributed by atoms with van der Waals surface area (Å²) in [5.74, 6) is -1.73. The number of hydrogen-bond acceptors (Lipinski definition) is 7. The smallest absolute Gasteiger partial charge is 0.236 e. The van der Waals surface area contributed by atoms with Crippen molar-refractivity contribution in [1.82, 2.24) is 10.3 Å². The van der Waals surface area contributed by atoms with Gasteiger partial charge in [-0.25, -0.2) is 0 Å². The van der Waals surface area contributed by atoms with E-state index < -0.39 is 29.0 Å². The predicted molar refractivity (Wildman–Crippen MR) is 135 cm³/mol. The number of ketones is 2. The first-order valence-corrected chi connectivity index (χ1v) is 12.3. The van der Waals surface area contributed by atoms with E-state index in [2.05, 4.69) is 10.3 Å². The Morgan fingerprint density at radius 1 is 1.05 bits per heavy atom. The number of methoxy groups -OCH3 is 2. The van der Waals surface area contributed by atoms with Crippen LogP contribution in [0.5, 0.6) is 17.2 Å². The number of nitrogens with zero attached hydrogens (tertiary/aromatic N) is 1. The summed E-state index contributed by atoms with van der Waals surface area (Å²) in [4.78, 5) is 45.5. The number of rotatable bonds is 3. The van der Waals surface area contributed by atoms with Gasteiger partial charge in [0.2, 0.25) is 23.1 Å². The summed E-state index contributed by atoms with van der Waals surface area (Å²) in [6, 6.07) is 11.0. The molecule has 3 atom stereocenters. The summed E-state index contributed by atoms with van der Waals surface area (Å²) in [5, 5.41) is 3.87. The van der Waals surface area contributed by atoms with Crippen LogP contribution in [0.3, 0.4) is 0 Å². The average molecular weight is 519 g/mol. The highest BCUT2D eigenvalue weighted by molar-refractivity contribution is 6.36. The lowest BCUT2D eigenvalue weighted by Crippen LogP contribution is -2.59. The number of benzene rings is 2. The van der Waals surface area contributed by atoms with Crippen molar-refractivity contribution in [3.8, 4) is 17.2 Å². The number of nitrogens with one attached hydrogen (secondary N) is 1. The second-order valence-corrected chi connectivity index (χ2v) is 9.93. The van der Waals surface area contributed by atoms with E-state index in [0.717, 1.165) is 16.5 Å². The molecule has 0 saturated heterocycles. The van der Waals surface area contributed by atoms with E-state index in [-0.39, 0.29) is 46.6 Å². The fourth-order valence-corrected chi connectivity index (χ4v) is 6.05. The van der Waals surface area contributed by atoms with Gasteiger partial charge < -0.3 is 19.5 Å². The maximum absolute atomic E-state index is 14.4. The molecule has 1 amide bonds. The van der Waals surface area contributed by atoms with Crippen molar-refractivity contribution >= 4 is 40.0 Å². The van der Waals surface area contributed by atoms with Gasteiger partial charge in [0, 0.05) is 47.2 Å². The molecular weight excluding hydrogens is 496 g/mol. The number of fused-ring (bicyclic) bond motifs is 2. The highest BCUT2D eigenvalue weighted by Crippen LogP contribution is 2.55. The van der Waals surface area contributed by atoms with Gasteiger partial charge in [-0.05, 0) is 30.2 Å². The van der Waals surface area contributed by atoms with Crippen molar-refractivity contribution in [2.75, 3.05) is 14.2 Å². The molecule has 3 heterocycles. The van der Waals surface area contributed by atoms with Crippen molar-refractivity contribution in [2.24, 2.45) is 5.92 Å². The molecule has 1 aliphatic carbocycles. The maximum Gasteiger partial charge on any atom is 0.236 e. The third-order valence-electron chi connectivity index (χ3n) is 7.59. The van der Waals surface area contributed by atoms with E-state index >= 15 is 0 Å². The van der Waals surface area contributed by atoms with E-state index in [1.165, 1.54) is 20.3 Å². The number of aromatic nitrogens is 1. The van der Waals surface area contributed by atoms with Crippen LogP contribution in [0, 0.1) is 5.92 Å². The summed E-state index contributed by atoms with van der Waals surface area (Å²) in [5.41, 5.74) is 0.791. The lowest BCUT2D eigenvalue weighted by molar-refractivity contribution is -0.131. The summed E-state index contributed by atoms with van der Waals surface area (Å²) < 4.78 is 17.1. The first-order valence-electron chi connectivity index (χ1n) is 11.9. The molecule has 1 aromatic heterocycles. The number of ether oxygens (including phenoxy) is 3. The minimum atomic E-state index is -1.83. The molecule has 0 bridgehead atoms. The molecule has 8 nitrogen and oxygen atoms in total. The molecule has 6 rings (SSSR count). The summed E-state index contributed by atoms with van der Waals surface area (Å²) in [7, 11) is 2.87. The van der Waals surface area contributed by atoms with Crippen molar-refractivity contribution in [3.63, 3.8) is 0 Å². The largest absolute Gasteiger partial charge is 0.496 e. The van der Waals surface area contributed by atoms with Crippen LogP contribution in [-0.4, -0.2) is 42.3 Å². The van der Waals surface area contributed by atoms with Crippen LogP contribution in [0.1, 0.15) is 41.6 Å². The Morgan fingerprint density at radius 3 is 2.59 bits per heavy atom. The number of allylic oxidation sites excluding steroid dienone is 1. The maximum atomic E-state index is 14.4. The first-order chi connectivity index (χ1) is 17.8. The monoisotopic (exact) mass is 518 g/mol. The number of Topliss-reactive ketones (excluding diaryl/α,β-unsaturated/α-hetero) is 2. The molecule has 0 saturated carbocycles. The number of halogens is 1. The van der Waals surface area contributed by atoms with Crippen LogP contribution in [0.2, 0.25) is 5.02 Å². The Hall–Kier alpha value is -3.91. The van der Waals surface area contributed by atoms with Gasteiger partial charge in [-0.15, -0.1) is 0 Å². The molecule has 2 aliphatic heterocycles. The Morgan fingerprint density at radius 2 is 1.84 bits per heavy atom. The highest BCUT2D eigenvalue weighted by Gasteiger charge is 2.63. The molecule has 0 radical (unpaired) electrons. The van der Waals surface area contributed by atoms with Gasteiger partial charge in [0.25, 0.3) is 0 Å². The third-order valence-corrected chi connectivity index (χ3v) is 7.95. The molecule has 0 unspecified atom stereocenters. The van der Waals surface area contributed by atoms with Gasteiger partial charge in [0.15, 0.2) is 5.75 Å². The second-order valence-electron chi connectivity index (χ2n) is 9.55. The van der Waals surface area contributed by atoms with Crippen LogP contribution in [0.4, 0.5) is 0 Å². The van der Waals surface area contributed by atoms with Gasteiger partial charge >= 0.3 is 0 Å². The van der Waals surface area contributed by atoms with Gasteiger partial charge in [-0.2, -0.15) is 0 Å². The fraction of sp³-hybridized carbons (Fsp3) is 0.286. The van der Waals surface area contributed by atoms with Gasteiger partial charge in [-0.3, -0.25) is 19.4 Å². The Balaban J connectivity index is 1.50. The molecule has 188 valence electrons. The fourth-order valence-electron chi connectivity index (χ4n) is 5.79. The molecule has 2 aromatic carbocycles. The Kier molecular flexibility index (Phi) is 5.28. The number of hydrogen-bond donors (Lipinski definition) is 1. The van der Waals surface area contributed by atoms with E-state index in [1.807, 2.05) is 30.3 Å². The molecule has 9 heteroatoms. The van der Waals surface area contributed by atoms with Gasteiger partial charge in [-0.1, -0.05) is 30.7 Å². The molecular formula is C28H23ClN2O6. The normalized spacial score (nSPS) is 24.6. The lowest BCUT2D eigenvalue weighted by Gasteiger charge is -2.41. The van der Waals surface area contributed by atoms with Crippen molar-refractivity contribution < 1.29 is 28.6 Å². The van der Waals surface area contributed by atoms with Crippen LogP contribution in [0.15, 0.2) is 53.9 Å². The Bertz CT molecular complexity index is 1560. The molecule has 1 N–H and O–H groups in total. The Labute approximate surface area is 217 Å². The molecule has 1 spiro atoms. The lowest BCUT2D eigenvalue weighted by atomic mass is 9.66. The number of carbonyl (C=O) groups is 3. The molecule has 37 heavy (non-hydrogen) atoms. The van der Waals surface area contributed by atoms with E-state index in [9.17, 15) is 14.4 Å². The van der Waals surface area contributed by atoms with Gasteiger partial charge in [0.1, 0.15) is 22.1 Å².